The zero-order valence-corrected chi connectivity index (χ0v) is 10.6. The van der Waals surface area contributed by atoms with Crippen LogP contribution in [0.5, 0.6) is 0 Å². The fraction of sp³-hybridized carbons (Fsp3) is 0.917. The Kier molecular flexibility index (Phi) is 5.36. The van der Waals surface area contributed by atoms with Crippen molar-refractivity contribution in [3.05, 3.63) is 0 Å². The van der Waals surface area contributed by atoms with Crippen LogP contribution in [-0.2, 0) is 14.3 Å². The third-order valence-electron chi connectivity index (χ3n) is 2.77. The van der Waals surface area contributed by atoms with E-state index >= 15 is 0 Å². The van der Waals surface area contributed by atoms with Crippen LogP contribution in [0.4, 0.5) is 0 Å². The van der Waals surface area contributed by atoms with E-state index in [9.17, 15) is 4.79 Å². The Morgan fingerprint density at radius 3 is 2.59 bits per heavy atom. The average molecular weight is 245 g/mol. The third-order valence-corrected chi connectivity index (χ3v) is 2.77. The van der Waals surface area contributed by atoms with Crippen molar-refractivity contribution in [1.29, 1.82) is 0 Å². The Bertz CT molecular complexity index is 245. The molecule has 0 aromatic heterocycles. The van der Waals surface area contributed by atoms with Gasteiger partial charge in [0.15, 0.2) is 6.29 Å². The molecule has 5 nitrogen and oxygen atoms in total. The predicted octanol–water partition coefficient (Wildman–Crippen LogP) is 1.36. The van der Waals surface area contributed by atoms with E-state index in [4.69, 9.17) is 20.3 Å². The molecule has 0 saturated carbocycles. The molecular weight excluding hydrogens is 222 g/mol. The molecule has 0 spiro atoms. The molecule has 0 amide bonds. The van der Waals surface area contributed by atoms with Crippen LogP contribution in [0.15, 0.2) is 0 Å². The molecule has 5 heteroatoms. The summed E-state index contributed by atoms with van der Waals surface area (Å²) in [6.07, 6.45) is 2.18. The first-order valence-corrected chi connectivity index (χ1v) is 6.10. The van der Waals surface area contributed by atoms with Crippen molar-refractivity contribution in [2.75, 3.05) is 13.2 Å². The van der Waals surface area contributed by atoms with Gasteiger partial charge in [0.1, 0.15) is 0 Å². The Labute approximate surface area is 102 Å². The number of carbonyl (C=O) groups is 1. The number of hydrogen-bond donors (Lipinski definition) is 2. The molecule has 1 aliphatic rings. The monoisotopic (exact) mass is 245 g/mol. The maximum Gasteiger partial charge on any atom is 0.304 e. The molecule has 1 atom stereocenters. The van der Waals surface area contributed by atoms with Gasteiger partial charge in [0.2, 0.25) is 0 Å². The minimum absolute atomic E-state index is 0.0272. The first-order valence-electron chi connectivity index (χ1n) is 6.10. The van der Waals surface area contributed by atoms with E-state index in [1.807, 2.05) is 0 Å². The lowest BCUT2D eigenvalue weighted by atomic mass is 9.95. The first-order chi connectivity index (χ1) is 7.89. The number of rotatable bonds is 6. The van der Waals surface area contributed by atoms with Gasteiger partial charge in [-0.1, -0.05) is 13.8 Å². The van der Waals surface area contributed by atoms with Gasteiger partial charge in [-0.15, -0.1) is 0 Å². The molecule has 0 bridgehead atoms. The van der Waals surface area contributed by atoms with Gasteiger partial charge in [0.05, 0.1) is 19.6 Å². The van der Waals surface area contributed by atoms with Gasteiger partial charge in [-0.05, 0) is 19.3 Å². The van der Waals surface area contributed by atoms with Crippen molar-refractivity contribution < 1.29 is 19.4 Å². The third kappa shape index (κ3) is 6.00. The first kappa shape index (κ1) is 14.4. The molecule has 0 radical (unpaired) electrons. The number of carboxylic acids is 1. The lowest BCUT2D eigenvalue weighted by Gasteiger charge is -2.34. The van der Waals surface area contributed by atoms with Crippen LogP contribution in [0, 0.1) is 5.41 Å². The summed E-state index contributed by atoms with van der Waals surface area (Å²) in [4.78, 5) is 10.4. The molecule has 1 aliphatic heterocycles. The van der Waals surface area contributed by atoms with E-state index in [0.717, 1.165) is 12.8 Å². The van der Waals surface area contributed by atoms with Gasteiger partial charge >= 0.3 is 5.97 Å². The topological polar surface area (TPSA) is 81.8 Å². The van der Waals surface area contributed by atoms with E-state index < -0.39 is 5.97 Å². The number of aliphatic carboxylic acids is 1. The molecule has 1 saturated heterocycles. The van der Waals surface area contributed by atoms with Crippen LogP contribution >= 0.6 is 0 Å². The summed E-state index contributed by atoms with van der Waals surface area (Å²) in [6.45, 7) is 5.62. The highest BCUT2D eigenvalue weighted by Gasteiger charge is 2.27. The van der Waals surface area contributed by atoms with Crippen molar-refractivity contribution in [1.82, 2.24) is 0 Å². The van der Waals surface area contributed by atoms with E-state index in [0.29, 0.717) is 19.6 Å². The highest BCUT2D eigenvalue weighted by Crippen LogP contribution is 2.24. The standard InChI is InChI=1S/C12H23NO4/c1-12(2)7-16-11(17-8-12)5-3-4-9(13)6-10(14)15/h9,11H,3-8,13H2,1-2H3,(H,14,15). The molecule has 100 valence electrons. The minimum Gasteiger partial charge on any atom is -0.481 e. The summed E-state index contributed by atoms with van der Waals surface area (Å²) in [5, 5.41) is 8.56. The fourth-order valence-corrected chi connectivity index (χ4v) is 1.77. The van der Waals surface area contributed by atoms with Gasteiger partial charge in [0, 0.05) is 11.5 Å². The average Bonchev–Trinajstić information content (AvgIpc) is 2.19. The molecule has 1 rings (SSSR count). The highest BCUT2D eigenvalue weighted by atomic mass is 16.7. The Hall–Kier alpha value is -0.650. The summed E-state index contributed by atoms with van der Waals surface area (Å²) in [5.74, 6) is -0.843. The van der Waals surface area contributed by atoms with Crippen molar-refractivity contribution in [3.63, 3.8) is 0 Å². The lowest BCUT2D eigenvalue weighted by Crippen LogP contribution is -2.37. The summed E-state index contributed by atoms with van der Waals surface area (Å²) in [5.41, 5.74) is 5.76. The summed E-state index contributed by atoms with van der Waals surface area (Å²) >= 11 is 0. The fourth-order valence-electron chi connectivity index (χ4n) is 1.77. The molecule has 0 aliphatic carbocycles. The second kappa shape index (κ2) is 6.33. The normalized spacial score (nSPS) is 22.3. The number of hydrogen-bond acceptors (Lipinski definition) is 4. The quantitative estimate of drug-likeness (QED) is 0.738. The second-order valence-corrected chi connectivity index (χ2v) is 5.50. The van der Waals surface area contributed by atoms with Crippen LogP contribution in [0.3, 0.4) is 0 Å². The molecule has 3 N–H and O–H groups in total. The smallest absolute Gasteiger partial charge is 0.304 e. The van der Waals surface area contributed by atoms with Gasteiger partial charge in [0.25, 0.3) is 0 Å². The van der Waals surface area contributed by atoms with Crippen LogP contribution in [-0.4, -0.2) is 36.6 Å². The Morgan fingerprint density at radius 2 is 2.06 bits per heavy atom. The lowest BCUT2D eigenvalue weighted by molar-refractivity contribution is -0.224. The molecule has 0 aromatic carbocycles. The molecule has 1 fully saturated rings. The van der Waals surface area contributed by atoms with Gasteiger partial charge in [-0.3, -0.25) is 4.79 Å². The van der Waals surface area contributed by atoms with Crippen LogP contribution in [0.2, 0.25) is 0 Å². The zero-order valence-electron chi connectivity index (χ0n) is 10.6. The van der Waals surface area contributed by atoms with E-state index in [1.165, 1.54) is 0 Å². The van der Waals surface area contributed by atoms with E-state index in [2.05, 4.69) is 13.8 Å². The predicted molar refractivity (Wildman–Crippen MR) is 63.6 cm³/mol. The van der Waals surface area contributed by atoms with E-state index in [-0.39, 0.29) is 24.2 Å². The van der Waals surface area contributed by atoms with Gasteiger partial charge in [-0.25, -0.2) is 0 Å². The highest BCUT2D eigenvalue weighted by molar-refractivity contribution is 5.67. The summed E-state index contributed by atoms with van der Waals surface area (Å²) in [7, 11) is 0. The van der Waals surface area contributed by atoms with Crippen molar-refractivity contribution in [3.8, 4) is 0 Å². The molecular formula is C12H23NO4. The minimum atomic E-state index is -0.843. The number of carboxylic acid groups (broad SMARTS) is 1. The van der Waals surface area contributed by atoms with Gasteiger partial charge in [-0.2, -0.15) is 0 Å². The van der Waals surface area contributed by atoms with Crippen molar-refractivity contribution in [2.45, 2.75) is 51.9 Å². The summed E-state index contributed by atoms with van der Waals surface area (Å²) < 4.78 is 11.2. The number of ether oxygens (including phenoxy) is 2. The maximum atomic E-state index is 10.4. The van der Waals surface area contributed by atoms with Crippen molar-refractivity contribution >= 4 is 5.97 Å². The van der Waals surface area contributed by atoms with Crippen molar-refractivity contribution in [2.24, 2.45) is 11.1 Å². The Morgan fingerprint density at radius 1 is 1.47 bits per heavy atom. The molecule has 17 heavy (non-hydrogen) atoms. The maximum absolute atomic E-state index is 10.4. The largest absolute Gasteiger partial charge is 0.481 e. The molecule has 1 heterocycles. The van der Waals surface area contributed by atoms with Crippen LogP contribution < -0.4 is 5.73 Å². The summed E-state index contributed by atoms with van der Waals surface area (Å²) in [6, 6.07) is -0.271. The van der Waals surface area contributed by atoms with Crippen LogP contribution in [0.1, 0.15) is 39.5 Å². The van der Waals surface area contributed by atoms with Gasteiger partial charge < -0.3 is 20.3 Å². The Balaban J connectivity index is 2.10. The van der Waals surface area contributed by atoms with Crippen LogP contribution in [0.25, 0.3) is 0 Å². The molecule has 1 unspecified atom stereocenters. The zero-order chi connectivity index (χ0) is 12.9. The second-order valence-electron chi connectivity index (χ2n) is 5.50. The number of nitrogens with two attached hydrogens (primary N) is 1. The SMILES string of the molecule is CC1(C)COC(CCCC(N)CC(=O)O)OC1. The molecule has 0 aromatic rings. The van der Waals surface area contributed by atoms with E-state index in [1.54, 1.807) is 0 Å².